The summed E-state index contributed by atoms with van der Waals surface area (Å²) in [5, 5.41) is 7.14. The fourth-order valence-corrected chi connectivity index (χ4v) is 2.32. The van der Waals surface area contributed by atoms with Crippen molar-refractivity contribution in [2.24, 2.45) is 0 Å². The molecule has 1 aliphatic heterocycles. The van der Waals surface area contributed by atoms with E-state index >= 15 is 0 Å². The Morgan fingerprint density at radius 1 is 1.56 bits per heavy atom. The molecule has 1 saturated heterocycles. The van der Waals surface area contributed by atoms with Crippen molar-refractivity contribution in [1.29, 1.82) is 0 Å². The number of hydrogen-bond donors (Lipinski definition) is 1. The Balaban J connectivity index is 2.13. The third-order valence-electron chi connectivity index (χ3n) is 2.96. The van der Waals surface area contributed by atoms with Gasteiger partial charge in [0.05, 0.1) is 12.6 Å². The van der Waals surface area contributed by atoms with Crippen LogP contribution in [0.1, 0.15) is 44.9 Å². The highest BCUT2D eigenvalue weighted by atomic mass is 32.1. The average molecular weight is 241 g/mol. The molecule has 1 atom stereocenters. The predicted octanol–water partition coefficient (Wildman–Crippen LogP) is 2.63. The van der Waals surface area contributed by atoms with Gasteiger partial charge in [0.25, 0.3) is 0 Å². The molecule has 0 spiro atoms. The molecular formula is C11H19N3OS. The molecule has 0 saturated carbocycles. The molecule has 1 fully saturated rings. The Kier molecular flexibility index (Phi) is 3.76. The number of aromatic amines is 1. The van der Waals surface area contributed by atoms with Gasteiger partial charge in [-0.3, -0.25) is 5.10 Å². The van der Waals surface area contributed by atoms with Gasteiger partial charge in [-0.2, -0.15) is 5.10 Å². The van der Waals surface area contributed by atoms with Crippen molar-refractivity contribution in [3.63, 3.8) is 0 Å². The first-order valence-corrected chi connectivity index (χ1v) is 6.36. The van der Waals surface area contributed by atoms with Gasteiger partial charge in [-0.1, -0.05) is 13.8 Å². The molecule has 1 aromatic heterocycles. The molecule has 90 valence electrons. The first-order chi connectivity index (χ1) is 7.68. The molecule has 1 aliphatic rings. The van der Waals surface area contributed by atoms with Crippen LogP contribution in [0.4, 0.5) is 0 Å². The Morgan fingerprint density at radius 2 is 2.38 bits per heavy atom. The van der Waals surface area contributed by atoms with Crippen LogP contribution in [-0.4, -0.2) is 27.5 Å². The third kappa shape index (κ3) is 2.52. The van der Waals surface area contributed by atoms with Gasteiger partial charge in [-0.25, -0.2) is 0 Å². The van der Waals surface area contributed by atoms with Crippen molar-refractivity contribution in [2.45, 2.75) is 51.7 Å². The Bertz CT molecular complexity index is 390. The van der Waals surface area contributed by atoms with Crippen LogP contribution in [0, 0.1) is 4.77 Å². The summed E-state index contributed by atoms with van der Waals surface area (Å²) < 4.78 is 8.52. The molecule has 0 bridgehead atoms. The molecule has 1 unspecified atom stereocenters. The maximum absolute atomic E-state index is 5.73. The van der Waals surface area contributed by atoms with Gasteiger partial charge in [-0.15, -0.1) is 0 Å². The van der Waals surface area contributed by atoms with Crippen molar-refractivity contribution in [1.82, 2.24) is 14.8 Å². The van der Waals surface area contributed by atoms with Crippen LogP contribution in [0.15, 0.2) is 0 Å². The van der Waals surface area contributed by atoms with Crippen LogP contribution >= 0.6 is 12.2 Å². The van der Waals surface area contributed by atoms with Crippen molar-refractivity contribution in [3.05, 3.63) is 10.6 Å². The second-order valence-electron chi connectivity index (χ2n) is 4.64. The number of hydrogen-bond acceptors (Lipinski definition) is 3. The maximum Gasteiger partial charge on any atom is 0.195 e. The van der Waals surface area contributed by atoms with E-state index in [-0.39, 0.29) is 0 Å². The molecule has 1 N–H and O–H groups in total. The van der Waals surface area contributed by atoms with E-state index in [1.54, 1.807) is 0 Å². The fourth-order valence-electron chi connectivity index (χ4n) is 2.10. The molecule has 2 rings (SSSR count). The lowest BCUT2D eigenvalue weighted by molar-refractivity contribution is 0.00518. The summed E-state index contributed by atoms with van der Waals surface area (Å²) in [7, 11) is 0. The number of rotatable bonds is 3. The molecule has 0 amide bonds. The monoisotopic (exact) mass is 241 g/mol. The zero-order valence-corrected chi connectivity index (χ0v) is 10.7. The number of ether oxygens (including phenoxy) is 1. The van der Waals surface area contributed by atoms with E-state index in [2.05, 4.69) is 28.6 Å². The van der Waals surface area contributed by atoms with Crippen LogP contribution in [0.2, 0.25) is 0 Å². The van der Waals surface area contributed by atoms with Gasteiger partial charge in [0.15, 0.2) is 4.77 Å². The molecule has 2 heterocycles. The Hall–Kier alpha value is -0.680. The van der Waals surface area contributed by atoms with Crippen LogP contribution in [0.5, 0.6) is 0 Å². The Morgan fingerprint density at radius 3 is 3.00 bits per heavy atom. The maximum atomic E-state index is 5.73. The molecular weight excluding hydrogens is 222 g/mol. The summed E-state index contributed by atoms with van der Waals surface area (Å²) in [6, 6.07) is 0. The van der Waals surface area contributed by atoms with Crippen molar-refractivity contribution >= 4 is 12.2 Å². The zero-order valence-electron chi connectivity index (χ0n) is 9.90. The Labute approximate surface area is 101 Å². The topological polar surface area (TPSA) is 42.8 Å². The lowest BCUT2D eigenvalue weighted by Gasteiger charge is -2.23. The number of aromatic nitrogens is 3. The smallest absolute Gasteiger partial charge is 0.195 e. The molecule has 1 aromatic rings. The molecule has 0 aromatic carbocycles. The van der Waals surface area contributed by atoms with Crippen LogP contribution in [0.25, 0.3) is 0 Å². The van der Waals surface area contributed by atoms with E-state index < -0.39 is 0 Å². The zero-order chi connectivity index (χ0) is 11.5. The van der Waals surface area contributed by atoms with E-state index in [4.69, 9.17) is 17.0 Å². The van der Waals surface area contributed by atoms with E-state index in [0.717, 1.165) is 25.4 Å². The highest BCUT2D eigenvalue weighted by Gasteiger charge is 2.18. The first-order valence-electron chi connectivity index (χ1n) is 5.95. The molecule has 5 heteroatoms. The number of nitrogens with one attached hydrogen (secondary N) is 1. The van der Waals surface area contributed by atoms with E-state index in [0.29, 0.717) is 16.8 Å². The fraction of sp³-hybridized carbons (Fsp3) is 0.818. The minimum atomic E-state index is 0.301. The summed E-state index contributed by atoms with van der Waals surface area (Å²) in [6.07, 6.45) is 3.87. The third-order valence-corrected chi connectivity index (χ3v) is 3.28. The van der Waals surface area contributed by atoms with Gasteiger partial charge in [-0.05, 0) is 31.5 Å². The van der Waals surface area contributed by atoms with E-state index in [1.807, 2.05) is 0 Å². The summed E-state index contributed by atoms with van der Waals surface area (Å²) in [6.45, 7) is 5.97. The molecule has 16 heavy (non-hydrogen) atoms. The van der Waals surface area contributed by atoms with Crippen molar-refractivity contribution in [3.8, 4) is 0 Å². The van der Waals surface area contributed by atoms with E-state index in [9.17, 15) is 0 Å². The lowest BCUT2D eigenvalue weighted by Crippen LogP contribution is -2.25. The van der Waals surface area contributed by atoms with Crippen LogP contribution < -0.4 is 0 Å². The van der Waals surface area contributed by atoms with Gasteiger partial charge in [0.1, 0.15) is 5.82 Å². The van der Waals surface area contributed by atoms with Crippen LogP contribution in [0.3, 0.4) is 0 Å². The van der Waals surface area contributed by atoms with Crippen LogP contribution in [-0.2, 0) is 11.3 Å². The molecule has 0 radical (unpaired) electrons. The second-order valence-corrected chi connectivity index (χ2v) is 5.03. The van der Waals surface area contributed by atoms with E-state index in [1.165, 1.54) is 12.8 Å². The lowest BCUT2D eigenvalue weighted by atomic mass is 10.1. The molecule has 0 aliphatic carbocycles. The SMILES string of the molecule is CC(C)c1n[nH]c(=S)n1CC1CCCCO1. The highest BCUT2D eigenvalue weighted by Crippen LogP contribution is 2.18. The summed E-state index contributed by atoms with van der Waals surface area (Å²) in [4.78, 5) is 0. The van der Waals surface area contributed by atoms with Gasteiger partial charge >= 0.3 is 0 Å². The predicted molar refractivity (Wildman–Crippen MR) is 65.1 cm³/mol. The first kappa shape index (κ1) is 11.8. The highest BCUT2D eigenvalue weighted by molar-refractivity contribution is 7.71. The summed E-state index contributed by atoms with van der Waals surface area (Å²) in [5.74, 6) is 1.41. The minimum absolute atomic E-state index is 0.301. The largest absolute Gasteiger partial charge is 0.376 e. The number of nitrogens with zero attached hydrogens (tertiary/aromatic N) is 2. The number of H-pyrrole nitrogens is 1. The standard InChI is InChI=1S/C11H19N3OS/c1-8(2)10-12-13-11(16)14(10)7-9-5-3-4-6-15-9/h8-9H,3-7H2,1-2H3,(H,13,16). The van der Waals surface area contributed by atoms with Gasteiger partial charge in [0.2, 0.25) is 0 Å². The quantitative estimate of drug-likeness (QED) is 0.827. The van der Waals surface area contributed by atoms with Gasteiger partial charge in [0, 0.05) is 12.5 Å². The van der Waals surface area contributed by atoms with Crippen molar-refractivity contribution < 1.29 is 4.74 Å². The summed E-state index contributed by atoms with van der Waals surface area (Å²) >= 11 is 5.25. The molecule has 4 nitrogen and oxygen atoms in total. The van der Waals surface area contributed by atoms with Crippen molar-refractivity contribution in [2.75, 3.05) is 6.61 Å². The van der Waals surface area contributed by atoms with Gasteiger partial charge < -0.3 is 9.30 Å². The summed E-state index contributed by atoms with van der Waals surface area (Å²) in [5.41, 5.74) is 0. The normalized spacial score (nSPS) is 21.6. The average Bonchev–Trinajstić information content (AvgIpc) is 2.62. The second kappa shape index (κ2) is 5.10. The minimum Gasteiger partial charge on any atom is -0.376 e.